The number of ether oxygens (including phenoxy) is 1. The van der Waals surface area contributed by atoms with E-state index in [1.165, 1.54) is 4.90 Å². The van der Waals surface area contributed by atoms with Gasteiger partial charge in [0, 0.05) is 20.0 Å². The molecule has 0 bridgehead atoms. The Morgan fingerprint density at radius 3 is 2.43 bits per heavy atom. The molecule has 1 N–H and O–H groups in total. The highest BCUT2D eigenvalue weighted by atomic mass is 16.6. The summed E-state index contributed by atoms with van der Waals surface area (Å²) in [5, 5.41) is 10.1. The van der Waals surface area contributed by atoms with E-state index in [-0.39, 0.29) is 25.5 Å². The average molecular weight is 408 g/mol. The Bertz CT molecular complexity index is 883. The number of hydrogen-bond acceptors (Lipinski definition) is 4. The Balaban J connectivity index is 1.61. The normalized spacial score (nSPS) is 18.9. The quantitative estimate of drug-likeness (QED) is 0.796. The number of carbonyl (C=O) groups is 2. The van der Waals surface area contributed by atoms with Gasteiger partial charge in [-0.05, 0) is 18.1 Å². The lowest BCUT2D eigenvalue weighted by Crippen LogP contribution is -2.47. The van der Waals surface area contributed by atoms with Crippen molar-refractivity contribution >= 4 is 18.1 Å². The Morgan fingerprint density at radius 2 is 1.77 bits per heavy atom. The zero-order valence-electron chi connectivity index (χ0n) is 17.4. The number of aliphatic hydroxyl groups excluding tert-OH is 1. The summed E-state index contributed by atoms with van der Waals surface area (Å²) in [5.41, 5.74) is 2.96. The van der Waals surface area contributed by atoms with Crippen molar-refractivity contribution in [3.63, 3.8) is 0 Å². The molecule has 0 unspecified atom stereocenters. The number of β-amino-alcohol motifs (C(OH)–C–C–N with tert-alkyl or cyclic N) is 1. The fourth-order valence-corrected chi connectivity index (χ4v) is 3.64. The van der Waals surface area contributed by atoms with Gasteiger partial charge in [0.1, 0.15) is 12.6 Å². The molecule has 2 amide bonds. The lowest BCUT2D eigenvalue weighted by Gasteiger charge is -2.27. The van der Waals surface area contributed by atoms with Crippen LogP contribution in [-0.4, -0.2) is 59.2 Å². The van der Waals surface area contributed by atoms with Crippen LogP contribution in [0.2, 0.25) is 0 Å². The fraction of sp³-hybridized carbons (Fsp3) is 0.333. The zero-order chi connectivity index (χ0) is 21.5. The van der Waals surface area contributed by atoms with E-state index in [9.17, 15) is 14.7 Å². The first-order valence-corrected chi connectivity index (χ1v) is 10.1. The lowest BCUT2D eigenvalue weighted by molar-refractivity contribution is -0.133. The van der Waals surface area contributed by atoms with Gasteiger partial charge in [-0.25, -0.2) is 4.79 Å². The monoisotopic (exact) mass is 408 g/mol. The molecule has 0 saturated carbocycles. The molecule has 0 radical (unpaired) electrons. The van der Waals surface area contributed by atoms with Gasteiger partial charge in [0.05, 0.1) is 12.6 Å². The number of rotatable bonds is 6. The van der Waals surface area contributed by atoms with Gasteiger partial charge in [-0.1, -0.05) is 72.3 Å². The summed E-state index contributed by atoms with van der Waals surface area (Å²) < 4.78 is 5.37. The van der Waals surface area contributed by atoms with Crippen LogP contribution in [0.1, 0.15) is 24.5 Å². The van der Waals surface area contributed by atoms with E-state index in [4.69, 9.17) is 4.74 Å². The van der Waals surface area contributed by atoms with Gasteiger partial charge in [-0.3, -0.25) is 9.69 Å². The van der Waals surface area contributed by atoms with E-state index < -0.39 is 18.2 Å². The van der Waals surface area contributed by atoms with Crippen molar-refractivity contribution in [1.29, 1.82) is 0 Å². The molecule has 0 spiro atoms. The first-order valence-electron chi connectivity index (χ1n) is 10.1. The molecule has 0 aliphatic carbocycles. The van der Waals surface area contributed by atoms with E-state index in [0.717, 1.165) is 16.7 Å². The van der Waals surface area contributed by atoms with Crippen molar-refractivity contribution < 1.29 is 19.4 Å². The summed E-state index contributed by atoms with van der Waals surface area (Å²) in [6.07, 6.45) is 0.917. The molecule has 1 heterocycles. The third kappa shape index (κ3) is 5.70. The first kappa shape index (κ1) is 21.6. The molecule has 1 aliphatic rings. The maximum absolute atomic E-state index is 13.0. The number of likely N-dealkylation sites (N-methyl/N-ethyl adjacent to an activating group) is 1. The summed E-state index contributed by atoms with van der Waals surface area (Å²) in [6, 6.07) is 18.5. The highest BCUT2D eigenvalue weighted by Crippen LogP contribution is 2.22. The molecule has 6 heteroatoms. The Hall–Kier alpha value is -3.12. The van der Waals surface area contributed by atoms with Crippen LogP contribution in [0.5, 0.6) is 0 Å². The van der Waals surface area contributed by atoms with E-state index in [2.05, 4.69) is 0 Å². The second-order valence-electron chi connectivity index (χ2n) is 7.69. The molecule has 2 aromatic carbocycles. The smallest absolute Gasteiger partial charge is 0.410 e. The van der Waals surface area contributed by atoms with E-state index in [0.29, 0.717) is 6.54 Å². The van der Waals surface area contributed by atoms with E-state index in [1.54, 1.807) is 11.9 Å². The molecule has 1 aliphatic heterocycles. The molecule has 1 saturated heterocycles. The number of benzene rings is 2. The molecule has 0 aromatic heterocycles. The highest BCUT2D eigenvalue weighted by molar-refractivity contribution is 5.86. The number of carbonyl (C=O) groups excluding carboxylic acids is 2. The maximum Gasteiger partial charge on any atom is 0.410 e. The average Bonchev–Trinajstić information content (AvgIpc) is 3.14. The summed E-state index contributed by atoms with van der Waals surface area (Å²) in [4.78, 5) is 28.5. The van der Waals surface area contributed by atoms with Crippen LogP contribution in [0.15, 0.2) is 66.2 Å². The van der Waals surface area contributed by atoms with Crippen LogP contribution in [0.25, 0.3) is 6.08 Å². The first-order chi connectivity index (χ1) is 14.4. The predicted octanol–water partition coefficient (Wildman–Crippen LogP) is 3.32. The maximum atomic E-state index is 13.0. The summed E-state index contributed by atoms with van der Waals surface area (Å²) in [6.45, 7) is 2.62. The van der Waals surface area contributed by atoms with Crippen molar-refractivity contribution in [2.45, 2.75) is 32.1 Å². The summed E-state index contributed by atoms with van der Waals surface area (Å²) in [5.74, 6) is -0.205. The number of likely N-dealkylation sites (tertiary alicyclic amines) is 1. The van der Waals surface area contributed by atoms with Crippen molar-refractivity contribution in [3.05, 3.63) is 77.4 Å². The van der Waals surface area contributed by atoms with Crippen LogP contribution in [0, 0.1) is 0 Å². The van der Waals surface area contributed by atoms with Crippen LogP contribution in [0.4, 0.5) is 4.79 Å². The Labute approximate surface area is 177 Å². The van der Waals surface area contributed by atoms with Crippen molar-refractivity contribution in [2.75, 3.05) is 20.1 Å². The van der Waals surface area contributed by atoms with Crippen molar-refractivity contribution in [1.82, 2.24) is 9.80 Å². The predicted molar refractivity (Wildman–Crippen MR) is 115 cm³/mol. The molecule has 3 rings (SSSR count). The Morgan fingerprint density at radius 1 is 1.13 bits per heavy atom. The number of hydrogen-bond donors (Lipinski definition) is 1. The van der Waals surface area contributed by atoms with Gasteiger partial charge in [0.15, 0.2) is 0 Å². The second kappa shape index (κ2) is 10.1. The summed E-state index contributed by atoms with van der Waals surface area (Å²) >= 11 is 0. The lowest BCUT2D eigenvalue weighted by atomic mass is 10.1. The standard InChI is InChI=1S/C24H28N2O4/c1-18(13-19-9-5-3-6-10-19)15-25(2)23(28)22-14-21(27)16-26(22)24(29)30-17-20-11-7-4-8-12-20/h3-13,21-22,27H,14-17H2,1-2H3/b18-13+/t21-,22+/m1/s1. The van der Waals surface area contributed by atoms with E-state index >= 15 is 0 Å². The largest absolute Gasteiger partial charge is 0.445 e. The zero-order valence-corrected chi connectivity index (χ0v) is 17.4. The molecule has 2 aromatic rings. The van der Waals surface area contributed by atoms with Gasteiger partial charge in [-0.2, -0.15) is 0 Å². The third-order valence-electron chi connectivity index (χ3n) is 5.08. The van der Waals surface area contributed by atoms with Crippen molar-refractivity contribution in [2.24, 2.45) is 0 Å². The minimum atomic E-state index is -0.738. The minimum Gasteiger partial charge on any atom is -0.445 e. The fourth-order valence-electron chi connectivity index (χ4n) is 3.64. The van der Waals surface area contributed by atoms with Gasteiger partial charge in [0.25, 0.3) is 0 Å². The molecule has 6 nitrogen and oxygen atoms in total. The third-order valence-corrected chi connectivity index (χ3v) is 5.08. The van der Waals surface area contributed by atoms with Gasteiger partial charge >= 0.3 is 6.09 Å². The molecular formula is C24H28N2O4. The number of amides is 2. The van der Waals surface area contributed by atoms with E-state index in [1.807, 2.05) is 73.7 Å². The molecule has 2 atom stereocenters. The second-order valence-corrected chi connectivity index (χ2v) is 7.69. The molecule has 158 valence electrons. The molecule has 1 fully saturated rings. The van der Waals surface area contributed by atoms with Gasteiger partial charge in [0.2, 0.25) is 5.91 Å². The topological polar surface area (TPSA) is 70.1 Å². The van der Waals surface area contributed by atoms with Crippen LogP contribution >= 0.6 is 0 Å². The molecular weight excluding hydrogens is 380 g/mol. The van der Waals surface area contributed by atoms with Crippen molar-refractivity contribution in [3.8, 4) is 0 Å². The summed E-state index contributed by atoms with van der Waals surface area (Å²) in [7, 11) is 1.71. The Kier molecular flexibility index (Phi) is 7.25. The number of nitrogens with zero attached hydrogens (tertiary/aromatic N) is 2. The SMILES string of the molecule is C/C(=C\c1ccccc1)CN(C)C(=O)[C@@H]1C[C@@H](O)CN1C(=O)OCc1ccccc1. The van der Waals surface area contributed by atoms with Crippen LogP contribution in [0.3, 0.4) is 0 Å². The number of aliphatic hydroxyl groups is 1. The van der Waals surface area contributed by atoms with Crippen LogP contribution < -0.4 is 0 Å². The minimum absolute atomic E-state index is 0.0940. The van der Waals surface area contributed by atoms with Gasteiger partial charge < -0.3 is 14.7 Å². The highest BCUT2D eigenvalue weighted by Gasteiger charge is 2.41. The van der Waals surface area contributed by atoms with Gasteiger partial charge in [-0.15, -0.1) is 0 Å². The molecule has 30 heavy (non-hydrogen) atoms. The van der Waals surface area contributed by atoms with Crippen LogP contribution in [-0.2, 0) is 16.1 Å².